The fraction of sp³-hybridized carbons (Fsp3) is 0. The molecule has 0 aliphatic rings. The second-order valence-electron chi connectivity index (χ2n) is 3.70. The van der Waals surface area contributed by atoms with Gasteiger partial charge in [0.25, 0.3) is 0 Å². The summed E-state index contributed by atoms with van der Waals surface area (Å²) in [7, 11) is 0. The minimum atomic E-state index is 0.582. The van der Waals surface area contributed by atoms with Gasteiger partial charge in [-0.05, 0) is 28.1 Å². The third-order valence-corrected chi connectivity index (χ3v) is 4.06. The Labute approximate surface area is 118 Å². The van der Waals surface area contributed by atoms with Gasteiger partial charge in [-0.1, -0.05) is 11.3 Å². The van der Waals surface area contributed by atoms with Crippen LogP contribution in [0.2, 0.25) is 0 Å². The van der Waals surface area contributed by atoms with Gasteiger partial charge in [-0.3, -0.25) is 5.10 Å². The average molecular weight is 337 g/mol. The maximum Gasteiger partial charge on any atom is 0.235 e. The molecule has 0 atom stereocenters. The monoisotopic (exact) mass is 336 g/mol. The van der Waals surface area contributed by atoms with E-state index < -0.39 is 0 Å². The van der Waals surface area contributed by atoms with Crippen molar-refractivity contribution in [2.75, 3.05) is 0 Å². The highest BCUT2D eigenvalue weighted by atomic mass is 79.9. The van der Waals surface area contributed by atoms with Crippen molar-refractivity contribution in [2.24, 2.45) is 0 Å². The third-order valence-electron chi connectivity index (χ3n) is 2.54. The van der Waals surface area contributed by atoms with Gasteiger partial charge in [-0.25, -0.2) is 0 Å². The number of aromatic nitrogens is 6. The third kappa shape index (κ3) is 1.62. The second-order valence-corrected chi connectivity index (χ2v) is 5.51. The first-order valence-electron chi connectivity index (χ1n) is 5.28. The van der Waals surface area contributed by atoms with Gasteiger partial charge in [-0.15, -0.1) is 10.2 Å². The van der Waals surface area contributed by atoms with Crippen LogP contribution in [-0.2, 0) is 0 Å². The number of fused-ring (bicyclic) bond motifs is 1. The highest BCUT2D eigenvalue weighted by Gasteiger charge is 2.17. The van der Waals surface area contributed by atoms with Crippen LogP contribution < -0.4 is 0 Å². The molecule has 4 heterocycles. The van der Waals surface area contributed by atoms with E-state index in [0.717, 1.165) is 15.2 Å². The van der Waals surface area contributed by atoms with Gasteiger partial charge in [0.05, 0.1) is 16.9 Å². The van der Waals surface area contributed by atoms with Crippen LogP contribution in [0.5, 0.6) is 0 Å². The first kappa shape index (κ1) is 10.9. The molecule has 0 spiro atoms. The first-order valence-corrected chi connectivity index (χ1v) is 6.89. The Balaban J connectivity index is 1.92. The van der Waals surface area contributed by atoms with Crippen molar-refractivity contribution in [1.82, 2.24) is 30.0 Å². The molecule has 0 saturated carbocycles. The van der Waals surface area contributed by atoms with E-state index >= 15 is 0 Å². The zero-order valence-electron chi connectivity index (χ0n) is 9.24. The standard InChI is InChI=1S/C10H5BrN6OS/c11-5-4-12-13-7(5)9-16-17-8(6-2-1-3-18-6)14-15-10(17)19-9/h1-4H,(H,12,13). The summed E-state index contributed by atoms with van der Waals surface area (Å²) < 4.78 is 7.84. The Hall–Kier alpha value is -2.00. The van der Waals surface area contributed by atoms with E-state index in [0.29, 0.717) is 16.5 Å². The normalized spacial score (nSPS) is 11.4. The Morgan fingerprint density at radius 3 is 3.05 bits per heavy atom. The number of nitrogens with one attached hydrogen (secondary N) is 1. The molecule has 9 heteroatoms. The van der Waals surface area contributed by atoms with Gasteiger partial charge in [-0.2, -0.15) is 14.7 Å². The number of rotatable bonds is 2. The molecular weight excluding hydrogens is 332 g/mol. The summed E-state index contributed by atoms with van der Waals surface area (Å²) in [4.78, 5) is 0.697. The van der Waals surface area contributed by atoms with E-state index in [1.54, 1.807) is 23.0 Å². The molecule has 0 aliphatic carbocycles. The van der Waals surface area contributed by atoms with Crippen LogP contribution in [0, 0.1) is 0 Å². The van der Waals surface area contributed by atoms with Crippen molar-refractivity contribution < 1.29 is 4.42 Å². The zero-order chi connectivity index (χ0) is 12.8. The SMILES string of the molecule is Brc1cn[nH]c1-c1nn2c(-c3ccco3)nnc2s1. The van der Waals surface area contributed by atoms with Gasteiger partial charge in [0.1, 0.15) is 5.69 Å². The van der Waals surface area contributed by atoms with Crippen molar-refractivity contribution >= 4 is 32.2 Å². The molecule has 0 fully saturated rings. The Morgan fingerprint density at radius 1 is 1.37 bits per heavy atom. The molecule has 0 aromatic carbocycles. The van der Waals surface area contributed by atoms with Crippen LogP contribution in [0.3, 0.4) is 0 Å². The summed E-state index contributed by atoms with van der Waals surface area (Å²) in [5.41, 5.74) is 0.820. The van der Waals surface area contributed by atoms with Crippen molar-refractivity contribution in [1.29, 1.82) is 0 Å². The van der Waals surface area contributed by atoms with Crippen LogP contribution >= 0.6 is 27.3 Å². The zero-order valence-corrected chi connectivity index (χ0v) is 11.6. The van der Waals surface area contributed by atoms with Gasteiger partial charge in [0.15, 0.2) is 10.8 Å². The predicted molar refractivity (Wildman–Crippen MR) is 71.6 cm³/mol. The predicted octanol–water partition coefficient (Wildman–Crippen LogP) is 2.60. The molecule has 0 radical (unpaired) electrons. The molecule has 0 saturated heterocycles. The second kappa shape index (κ2) is 4.00. The van der Waals surface area contributed by atoms with E-state index in [1.807, 2.05) is 6.07 Å². The number of halogens is 1. The van der Waals surface area contributed by atoms with E-state index in [4.69, 9.17) is 4.42 Å². The quantitative estimate of drug-likeness (QED) is 0.608. The van der Waals surface area contributed by atoms with Crippen molar-refractivity contribution in [3.63, 3.8) is 0 Å². The number of hydrogen-bond acceptors (Lipinski definition) is 6. The Bertz CT molecular complexity index is 845. The molecule has 0 aliphatic heterocycles. The molecule has 4 aromatic rings. The minimum absolute atomic E-state index is 0.582. The van der Waals surface area contributed by atoms with Gasteiger partial charge < -0.3 is 4.42 Å². The first-order chi connectivity index (χ1) is 9.33. The number of aromatic amines is 1. The van der Waals surface area contributed by atoms with Gasteiger partial charge in [0, 0.05) is 0 Å². The topological polar surface area (TPSA) is 84.9 Å². The number of furan rings is 1. The fourth-order valence-corrected chi connectivity index (χ4v) is 3.06. The average Bonchev–Trinajstić information content (AvgIpc) is 3.10. The molecule has 19 heavy (non-hydrogen) atoms. The maximum atomic E-state index is 5.32. The van der Waals surface area contributed by atoms with Crippen LogP contribution in [-0.4, -0.2) is 30.0 Å². The number of H-pyrrole nitrogens is 1. The highest BCUT2D eigenvalue weighted by Crippen LogP contribution is 2.30. The summed E-state index contributed by atoms with van der Waals surface area (Å²) in [6.07, 6.45) is 3.28. The van der Waals surface area contributed by atoms with Crippen molar-refractivity contribution in [2.45, 2.75) is 0 Å². The van der Waals surface area contributed by atoms with E-state index in [2.05, 4.69) is 41.4 Å². The summed E-state index contributed by atoms with van der Waals surface area (Å²) in [5.74, 6) is 1.21. The smallest absolute Gasteiger partial charge is 0.235 e. The lowest BCUT2D eigenvalue weighted by Gasteiger charge is -1.91. The Morgan fingerprint density at radius 2 is 2.32 bits per heavy atom. The van der Waals surface area contributed by atoms with E-state index in [9.17, 15) is 0 Å². The minimum Gasteiger partial charge on any atom is -0.461 e. The van der Waals surface area contributed by atoms with Crippen LogP contribution in [0.1, 0.15) is 0 Å². The van der Waals surface area contributed by atoms with Crippen molar-refractivity contribution in [3.8, 4) is 22.3 Å². The molecule has 0 amide bonds. The summed E-state index contributed by atoms with van der Waals surface area (Å²) in [6.45, 7) is 0. The summed E-state index contributed by atoms with van der Waals surface area (Å²) >= 11 is 4.84. The summed E-state index contributed by atoms with van der Waals surface area (Å²) in [6, 6.07) is 3.62. The Kier molecular flexibility index (Phi) is 2.29. The highest BCUT2D eigenvalue weighted by molar-refractivity contribution is 9.10. The van der Waals surface area contributed by atoms with Crippen LogP contribution in [0.4, 0.5) is 0 Å². The molecular formula is C10H5BrN6OS. The van der Waals surface area contributed by atoms with Crippen molar-refractivity contribution in [3.05, 3.63) is 29.1 Å². The molecule has 0 unspecified atom stereocenters. The van der Waals surface area contributed by atoms with Gasteiger partial charge >= 0.3 is 0 Å². The van der Waals surface area contributed by atoms with Crippen LogP contribution in [0.25, 0.3) is 27.2 Å². The lowest BCUT2D eigenvalue weighted by molar-refractivity contribution is 0.575. The molecule has 7 nitrogen and oxygen atoms in total. The number of hydrogen-bond donors (Lipinski definition) is 1. The lowest BCUT2D eigenvalue weighted by Crippen LogP contribution is -1.89. The van der Waals surface area contributed by atoms with Crippen LogP contribution in [0.15, 0.2) is 33.5 Å². The number of nitrogens with zero attached hydrogens (tertiary/aromatic N) is 5. The molecule has 4 rings (SSSR count). The molecule has 94 valence electrons. The molecule has 4 aromatic heterocycles. The molecule has 0 bridgehead atoms. The van der Waals surface area contributed by atoms with Gasteiger partial charge in [0.2, 0.25) is 10.8 Å². The summed E-state index contributed by atoms with van der Waals surface area (Å²) in [5, 5.41) is 20.3. The van der Waals surface area contributed by atoms with E-state index in [-0.39, 0.29) is 0 Å². The fourth-order valence-electron chi connectivity index (χ4n) is 1.70. The molecule has 1 N–H and O–H groups in total. The lowest BCUT2D eigenvalue weighted by atomic mass is 10.4. The largest absolute Gasteiger partial charge is 0.461 e. The van der Waals surface area contributed by atoms with E-state index in [1.165, 1.54) is 11.3 Å². The maximum absolute atomic E-state index is 5.32.